The molecule has 4 aromatic rings. The maximum Gasteiger partial charge on any atom is 0.338 e. The van der Waals surface area contributed by atoms with E-state index in [0.717, 1.165) is 11.3 Å². The van der Waals surface area contributed by atoms with Crippen molar-refractivity contribution in [2.24, 2.45) is 0 Å². The van der Waals surface area contributed by atoms with Crippen LogP contribution in [-0.2, 0) is 0 Å². The predicted molar refractivity (Wildman–Crippen MR) is 123 cm³/mol. The first-order valence-corrected chi connectivity index (χ1v) is 10.4. The zero-order valence-electron chi connectivity index (χ0n) is 16.6. The molecule has 8 heteroatoms. The van der Waals surface area contributed by atoms with Gasteiger partial charge in [-0.2, -0.15) is 0 Å². The van der Waals surface area contributed by atoms with Gasteiger partial charge < -0.3 is 15.6 Å². The van der Waals surface area contributed by atoms with Gasteiger partial charge in [0.25, 0.3) is 0 Å². The Kier molecular flexibility index (Phi) is 5.39. The number of hydrogen-bond acceptors (Lipinski definition) is 6. The van der Waals surface area contributed by atoms with Gasteiger partial charge in [0.1, 0.15) is 15.5 Å². The van der Waals surface area contributed by atoms with Crippen LogP contribution in [0.4, 0.5) is 5.69 Å². The van der Waals surface area contributed by atoms with Gasteiger partial charge in [0, 0.05) is 21.5 Å². The molecule has 0 radical (unpaired) electrons. The number of aryl methyl sites for hydroxylation is 1. The maximum absolute atomic E-state index is 13.2. The summed E-state index contributed by atoms with van der Waals surface area (Å²) in [6.45, 7) is 1.63. The predicted octanol–water partition coefficient (Wildman–Crippen LogP) is 5.45. The number of carboxylic acids is 1. The third-order valence-electron chi connectivity index (χ3n) is 4.96. The average molecular weight is 453 g/mol. The number of aromatic nitrogens is 1. The first kappa shape index (κ1) is 20.8. The van der Waals surface area contributed by atoms with Crippen molar-refractivity contribution in [1.29, 1.82) is 0 Å². The number of carbonyl (C=O) groups excluding carboxylic acids is 1. The lowest BCUT2D eigenvalue weighted by Gasteiger charge is -2.12. The van der Waals surface area contributed by atoms with Crippen molar-refractivity contribution in [2.75, 3.05) is 12.8 Å². The number of halogens is 1. The normalized spacial score (nSPS) is 10.9. The number of benzene rings is 2. The third-order valence-corrected chi connectivity index (χ3v) is 6.31. The van der Waals surface area contributed by atoms with Crippen LogP contribution in [0.1, 0.15) is 31.3 Å². The number of aromatic carboxylic acids is 1. The fourth-order valence-corrected chi connectivity index (χ4v) is 4.71. The second-order valence-corrected chi connectivity index (χ2v) is 8.28. The molecule has 2 heterocycles. The summed E-state index contributed by atoms with van der Waals surface area (Å²) >= 11 is 7.16. The van der Waals surface area contributed by atoms with Gasteiger partial charge in [-0.1, -0.05) is 23.7 Å². The summed E-state index contributed by atoms with van der Waals surface area (Å²) in [6, 6.07) is 13.5. The number of methoxy groups -OCH3 is 1. The molecule has 4 rings (SSSR count). The molecule has 6 nitrogen and oxygen atoms in total. The van der Waals surface area contributed by atoms with Crippen LogP contribution in [0.3, 0.4) is 0 Å². The molecule has 0 aliphatic carbocycles. The van der Waals surface area contributed by atoms with E-state index in [-0.39, 0.29) is 17.0 Å². The Hall–Kier alpha value is -3.42. The van der Waals surface area contributed by atoms with Gasteiger partial charge >= 0.3 is 5.97 Å². The second kappa shape index (κ2) is 8.02. The summed E-state index contributed by atoms with van der Waals surface area (Å²) in [6.07, 6.45) is 0. The number of anilines is 1. The highest BCUT2D eigenvalue weighted by atomic mass is 35.5. The fourth-order valence-electron chi connectivity index (χ4n) is 3.47. The number of pyridine rings is 1. The number of fused-ring (bicyclic) bond motifs is 1. The van der Waals surface area contributed by atoms with E-state index in [1.807, 2.05) is 0 Å². The Bertz CT molecular complexity index is 1330. The van der Waals surface area contributed by atoms with E-state index >= 15 is 0 Å². The highest BCUT2D eigenvalue weighted by Gasteiger charge is 2.26. The third kappa shape index (κ3) is 3.62. The minimum absolute atomic E-state index is 0.0442. The van der Waals surface area contributed by atoms with Crippen LogP contribution in [0.25, 0.3) is 21.3 Å². The molecule has 2 aromatic heterocycles. The standard InChI is InChI=1S/C23H17ClN2O4S/c1-11-16(23(28)29)17(12-3-7-14(24)8-4-12)18-19(25)21(31-22(18)26-11)20(27)13-5-9-15(30-2)10-6-13/h3-10H,25H2,1-2H3,(H,28,29). The van der Waals surface area contributed by atoms with Crippen molar-refractivity contribution in [3.05, 3.63) is 75.3 Å². The topological polar surface area (TPSA) is 103 Å². The van der Waals surface area contributed by atoms with Crippen molar-refractivity contribution < 1.29 is 19.4 Å². The number of carboxylic acid groups (broad SMARTS) is 1. The van der Waals surface area contributed by atoms with Crippen molar-refractivity contribution >= 4 is 50.6 Å². The molecule has 0 aliphatic heterocycles. The van der Waals surface area contributed by atoms with E-state index in [2.05, 4.69) is 4.98 Å². The van der Waals surface area contributed by atoms with Crippen LogP contribution in [0.15, 0.2) is 48.5 Å². The summed E-state index contributed by atoms with van der Waals surface area (Å²) in [4.78, 5) is 30.5. The molecule has 0 unspecified atom stereocenters. The molecule has 156 valence electrons. The molecule has 0 saturated carbocycles. The van der Waals surface area contributed by atoms with Crippen LogP contribution in [0, 0.1) is 6.92 Å². The summed E-state index contributed by atoms with van der Waals surface area (Å²) in [5.41, 5.74) is 8.52. The molecule has 0 atom stereocenters. The SMILES string of the molecule is COc1ccc(C(=O)c2sc3nc(C)c(C(=O)O)c(-c4ccc(Cl)cc4)c3c2N)cc1. The number of nitrogen functional groups attached to an aromatic ring is 1. The van der Waals surface area contributed by atoms with Crippen molar-refractivity contribution in [3.63, 3.8) is 0 Å². The molecule has 0 fully saturated rings. The fraction of sp³-hybridized carbons (Fsp3) is 0.0870. The highest BCUT2D eigenvalue weighted by Crippen LogP contribution is 2.43. The van der Waals surface area contributed by atoms with Crippen LogP contribution < -0.4 is 10.5 Å². The van der Waals surface area contributed by atoms with E-state index in [4.69, 9.17) is 22.1 Å². The van der Waals surface area contributed by atoms with Gasteiger partial charge in [0.2, 0.25) is 5.78 Å². The molecule has 0 amide bonds. The highest BCUT2D eigenvalue weighted by molar-refractivity contribution is 7.21. The molecule has 2 aromatic carbocycles. The largest absolute Gasteiger partial charge is 0.497 e. The monoisotopic (exact) mass is 452 g/mol. The Morgan fingerprint density at radius 2 is 1.74 bits per heavy atom. The number of nitrogens with two attached hydrogens (primary N) is 1. The smallest absolute Gasteiger partial charge is 0.338 e. The summed E-state index contributed by atoms with van der Waals surface area (Å²) in [5, 5.41) is 10.8. The lowest BCUT2D eigenvalue weighted by Crippen LogP contribution is -2.06. The average Bonchev–Trinajstić information content (AvgIpc) is 3.08. The van der Waals surface area contributed by atoms with Gasteiger partial charge in [-0.3, -0.25) is 4.79 Å². The Morgan fingerprint density at radius 1 is 1.10 bits per heavy atom. The maximum atomic E-state index is 13.2. The van der Waals surface area contributed by atoms with Crippen LogP contribution in [-0.4, -0.2) is 29.0 Å². The van der Waals surface area contributed by atoms with E-state index in [0.29, 0.717) is 48.3 Å². The second-order valence-electron chi connectivity index (χ2n) is 6.84. The Morgan fingerprint density at radius 3 is 2.32 bits per heavy atom. The summed E-state index contributed by atoms with van der Waals surface area (Å²) < 4.78 is 5.14. The summed E-state index contributed by atoms with van der Waals surface area (Å²) in [5.74, 6) is -0.750. The Labute approximate surface area is 186 Å². The molecule has 0 saturated heterocycles. The van der Waals surface area contributed by atoms with Crippen molar-refractivity contribution in [1.82, 2.24) is 4.98 Å². The first-order chi connectivity index (χ1) is 14.8. The Balaban J connectivity index is 1.98. The molecular weight excluding hydrogens is 436 g/mol. The van der Waals surface area contributed by atoms with Gasteiger partial charge in [-0.05, 0) is 48.9 Å². The lowest BCUT2D eigenvalue weighted by molar-refractivity contribution is 0.0696. The molecule has 3 N–H and O–H groups in total. The van der Waals surface area contributed by atoms with Crippen LogP contribution in [0.5, 0.6) is 5.75 Å². The number of thiophene rings is 1. The van der Waals surface area contributed by atoms with Crippen LogP contribution >= 0.6 is 22.9 Å². The number of ketones is 1. The zero-order valence-corrected chi connectivity index (χ0v) is 18.2. The quantitative estimate of drug-likeness (QED) is 0.390. The molecule has 0 spiro atoms. The van der Waals surface area contributed by atoms with E-state index in [9.17, 15) is 14.7 Å². The minimum atomic E-state index is -1.12. The van der Waals surface area contributed by atoms with E-state index < -0.39 is 5.97 Å². The zero-order chi connectivity index (χ0) is 22.3. The van der Waals surface area contributed by atoms with Crippen LogP contribution in [0.2, 0.25) is 5.02 Å². The van der Waals surface area contributed by atoms with Gasteiger partial charge in [-0.15, -0.1) is 11.3 Å². The van der Waals surface area contributed by atoms with E-state index in [1.54, 1.807) is 62.6 Å². The van der Waals surface area contributed by atoms with Crippen molar-refractivity contribution in [3.8, 4) is 16.9 Å². The molecular formula is C23H17ClN2O4S. The molecule has 31 heavy (non-hydrogen) atoms. The van der Waals surface area contributed by atoms with E-state index in [1.165, 1.54) is 0 Å². The number of ether oxygens (including phenoxy) is 1. The molecule has 0 bridgehead atoms. The van der Waals surface area contributed by atoms with Gasteiger partial charge in [0.15, 0.2) is 0 Å². The lowest BCUT2D eigenvalue weighted by atomic mass is 9.95. The number of rotatable bonds is 5. The first-order valence-electron chi connectivity index (χ1n) is 9.22. The number of hydrogen-bond donors (Lipinski definition) is 2. The van der Waals surface area contributed by atoms with Crippen molar-refractivity contribution in [2.45, 2.75) is 6.92 Å². The van der Waals surface area contributed by atoms with Gasteiger partial charge in [-0.25, -0.2) is 9.78 Å². The minimum Gasteiger partial charge on any atom is -0.497 e. The molecule has 0 aliphatic rings. The summed E-state index contributed by atoms with van der Waals surface area (Å²) in [7, 11) is 1.55. The number of nitrogens with zero attached hydrogens (tertiary/aromatic N) is 1. The van der Waals surface area contributed by atoms with Gasteiger partial charge in [0.05, 0.1) is 24.1 Å². The number of carbonyl (C=O) groups is 2.